The van der Waals surface area contributed by atoms with Gasteiger partial charge in [0.15, 0.2) is 0 Å². The van der Waals surface area contributed by atoms with Crippen LogP contribution in [0.15, 0.2) is 48.5 Å². The van der Waals surface area contributed by atoms with Crippen LogP contribution in [0.2, 0.25) is 0 Å². The van der Waals surface area contributed by atoms with E-state index in [1.165, 1.54) is 0 Å². The summed E-state index contributed by atoms with van der Waals surface area (Å²) in [6.45, 7) is 0.209. The molecule has 4 nitrogen and oxygen atoms in total. The highest BCUT2D eigenvalue weighted by Crippen LogP contribution is 2.29. The van der Waals surface area contributed by atoms with Gasteiger partial charge >= 0.3 is 0 Å². The van der Waals surface area contributed by atoms with Gasteiger partial charge in [-0.1, -0.05) is 24.3 Å². The molecule has 0 saturated heterocycles. The van der Waals surface area contributed by atoms with Crippen LogP contribution in [-0.2, 0) is 12.8 Å². The van der Waals surface area contributed by atoms with Crippen molar-refractivity contribution in [2.75, 3.05) is 6.54 Å². The Hall–Kier alpha value is -2.64. The van der Waals surface area contributed by atoms with Gasteiger partial charge in [0, 0.05) is 24.9 Å². The summed E-state index contributed by atoms with van der Waals surface area (Å²) in [6.07, 6.45) is 1.10. The number of rotatable bonds is 3. The number of hydrogen-bond donors (Lipinski definition) is 2. The van der Waals surface area contributed by atoms with Crippen molar-refractivity contribution in [2.24, 2.45) is 0 Å². The number of amides is 1. The molecule has 1 amide bonds. The van der Waals surface area contributed by atoms with E-state index in [4.69, 9.17) is 5.26 Å². The van der Waals surface area contributed by atoms with Crippen LogP contribution in [0.5, 0.6) is 0 Å². The first-order valence-corrected chi connectivity index (χ1v) is 7.17. The van der Waals surface area contributed by atoms with E-state index in [-0.39, 0.29) is 12.5 Å². The van der Waals surface area contributed by atoms with Gasteiger partial charge in [-0.25, -0.2) is 0 Å². The van der Waals surface area contributed by atoms with E-state index in [1.54, 1.807) is 24.3 Å². The molecule has 3 rings (SSSR count). The Morgan fingerprint density at radius 1 is 1.14 bits per heavy atom. The van der Waals surface area contributed by atoms with E-state index in [0.29, 0.717) is 24.0 Å². The van der Waals surface area contributed by atoms with E-state index in [9.17, 15) is 9.90 Å². The van der Waals surface area contributed by atoms with Crippen molar-refractivity contribution in [2.45, 2.75) is 18.4 Å². The van der Waals surface area contributed by atoms with Crippen molar-refractivity contribution in [3.05, 3.63) is 70.8 Å². The lowest BCUT2D eigenvalue weighted by atomic mass is 10.0. The number of benzene rings is 2. The number of aliphatic hydroxyl groups is 1. The first kappa shape index (κ1) is 14.3. The van der Waals surface area contributed by atoms with Crippen LogP contribution >= 0.6 is 0 Å². The van der Waals surface area contributed by atoms with E-state index in [2.05, 4.69) is 5.32 Å². The molecule has 0 atom stereocenters. The second kappa shape index (κ2) is 5.63. The first-order chi connectivity index (χ1) is 10.6. The maximum Gasteiger partial charge on any atom is 0.251 e. The fourth-order valence-corrected chi connectivity index (χ4v) is 2.84. The molecule has 0 unspecified atom stereocenters. The Labute approximate surface area is 129 Å². The molecule has 2 aromatic carbocycles. The lowest BCUT2D eigenvalue weighted by Gasteiger charge is -2.22. The summed E-state index contributed by atoms with van der Waals surface area (Å²) in [5.41, 5.74) is 2.35. The van der Waals surface area contributed by atoms with Crippen LogP contribution in [0.3, 0.4) is 0 Å². The van der Waals surface area contributed by atoms with Gasteiger partial charge in [0.1, 0.15) is 0 Å². The van der Waals surface area contributed by atoms with Gasteiger partial charge < -0.3 is 10.4 Å². The Morgan fingerprint density at radius 2 is 1.73 bits per heavy atom. The fourth-order valence-electron chi connectivity index (χ4n) is 2.84. The lowest BCUT2D eigenvalue weighted by Crippen LogP contribution is -2.43. The zero-order valence-corrected chi connectivity index (χ0v) is 12.0. The van der Waals surface area contributed by atoms with Crippen LogP contribution in [0.4, 0.5) is 0 Å². The van der Waals surface area contributed by atoms with Crippen LogP contribution in [0.25, 0.3) is 0 Å². The zero-order chi connectivity index (χ0) is 15.6. The lowest BCUT2D eigenvalue weighted by molar-refractivity contribution is 0.0480. The zero-order valence-electron chi connectivity index (χ0n) is 12.0. The van der Waals surface area contributed by atoms with Gasteiger partial charge in [-0.2, -0.15) is 5.26 Å². The van der Waals surface area contributed by atoms with Crippen molar-refractivity contribution in [3.63, 3.8) is 0 Å². The fraction of sp³-hybridized carbons (Fsp3) is 0.222. The van der Waals surface area contributed by atoms with Gasteiger partial charge in [0.2, 0.25) is 0 Å². The molecule has 0 heterocycles. The third-order valence-electron chi connectivity index (χ3n) is 4.01. The predicted molar refractivity (Wildman–Crippen MR) is 82.3 cm³/mol. The van der Waals surface area contributed by atoms with Crippen molar-refractivity contribution in [1.29, 1.82) is 5.26 Å². The minimum Gasteiger partial charge on any atom is -0.387 e. The first-order valence-electron chi connectivity index (χ1n) is 7.17. The van der Waals surface area contributed by atoms with Crippen molar-refractivity contribution >= 4 is 5.91 Å². The summed E-state index contributed by atoms with van der Waals surface area (Å²) in [5, 5.41) is 22.2. The molecule has 0 spiro atoms. The number of fused-ring (bicyclic) bond motifs is 1. The minimum absolute atomic E-state index is 0.209. The largest absolute Gasteiger partial charge is 0.387 e. The summed E-state index contributed by atoms with van der Waals surface area (Å²) in [5.74, 6) is -0.242. The normalized spacial score (nSPS) is 14.9. The minimum atomic E-state index is -0.925. The third-order valence-corrected chi connectivity index (χ3v) is 4.01. The summed E-state index contributed by atoms with van der Waals surface area (Å²) in [7, 11) is 0. The van der Waals surface area contributed by atoms with Gasteiger partial charge in [-0.15, -0.1) is 0 Å². The Balaban J connectivity index is 1.63. The van der Waals surface area contributed by atoms with Gasteiger partial charge in [0.05, 0.1) is 17.2 Å². The molecule has 110 valence electrons. The molecule has 22 heavy (non-hydrogen) atoms. The standard InChI is InChI=1S/C18H16N2O2/c19-11-13-5-7-14(8-6-13)17(21)20-12-18(22)9-15-3-1-2-4-16(15)10-18/h1-8,22H,9-10,12H2,(H,20,21). The second-order valence-corrected chi connectivity index (χ2v) is 5.72. The van der Waals surface area contributed by atoms with E-state index in [1.807, 2.05) is 30.3 Å². The Morgan fingerprint density at radius 3 is 2.27 bits per heavy atom. The molecular formula is C18H16N2O2. The van der Waals surface area contributed by atoms with Crippen LogP contribution in [-0.4, -0.2) is 23.2 Å². The monoisotopic (exact) mass is 292 g/mol. The molecule has 4 heteroatoms. The SMILES string of the molecule is N#Cc1ccc(C(=O)NCC2(O)Cc3ccccc3C2)cc1. The van der Waals surface area contributed by atoms with E-state index >= 15 is 0 Å². The quantitative estimate of drug-likeness (QED) is 0.906. The van der Waals surface area contributed by atoms with E-state index < -0.39 is 5.60 Å². The highest BCUT2D eigenvalue weighted by molar-refractivity contribution is 5.94. The maximum atomic E-state index is 12.1. The molecule has 0 saturated carbocycles. The molecule has 2 aromatic rings. The van der Waals surface area contributed by atoms with Gasteiger partial charge in [0.25, 0.3) is 5.91 Å². The molecule has 0 fully saturated rings. The number of nitriles is 1. The molecule has 0 aromatic heterocycles. The van der Waals surface area contributed by atoms with Crippen molar-refractivity contribution in [1.82, 2.24) is 5.32 Å². The summed E-state index contributed by atoms with van der Waals surface area (Å²) in [6, 6.07) is 16.4. The van der Waals surface area contributed by atoms with Crippen molar-refractivity contribution < 1.29 is 9.90 Å². The number of carbonyl (C=O) groups is 1. The molecule has 0 radical (unpaired) electrons. The molecule has 2 N–H and O–H groups in total. The predicted octanol–water partition coefficient (Wildman–Crippen LogP) is 1.82. The number of carbonyl (C=O) groups excluding carboxylic acids is 1. The molecular weight excluding hydrogens is 276 g/mol. The second-order valence-electron chi connectivity index (χ2n) is 5.72. The smallest absolute Gasteiger partial charge is 0.251 e. The highest BCUT2D eigenvalue weighted by atomic mass is 16.3. The average Bonchev–Trinajstić information content (AvgIpc) is 2.89. The summed E-state index contributed by atoms with van der Waals surface area (Å²) in [4.78, 5) is 12.1. The molecule has 0 bridgehead atoms. The Bertz CT molecular complexity index is 719. The highest BCUT2D eigenvalue weighted by Gasteiger charge is 2.35. The van der Waals surface area contributed by atoms with Crippen LogP contribution < -0.4 is 5.32 Å². The maximum absolute atomic E-state index is 12.1. The molecule has 0 aliphatic heterocycles. The van der Waals surface area contributed by atoms with Crippen molar-refractivity contribution in [3.8, 4) is 6.07 Å². The topological polar surface area (TPSA) is 73.1 Å². The van der Waals surface area contributed by atoms with Crippen LogP contribution in [0, 0.1) is 11.3 Å². The Kier molecular flexibility index (Phi) is 3.66. The number of nitrogens with one attached hydrogen (secondary N) is 1. The summed E-state index contributed by atoms with van der Waals surface area (Å²) >= 11 is 0. The van der Waals surface area contributed by atoms with Crippen LogP contribution in [0.1, 0.15) is 27.0 Å². The van der Waals surface area contributed by atoms with E-state index in [0.717, 1.165) is 11.1 Å². The van der Waals surface area contributed by atoms with Gasteiger partial charge in [-0.3, -0.25) is 4.79 Å². The third kappa shape index (κ3) is 2.85. The number of nitrogens with zero attached hydrogens (tertiary/aromatic N) is 1. The molecule has 1 aliphatic rings. The molecule has 1 aliphatic carbocycles. The average molecular weight is 292 g/mol. The van der Waals surface area contributed by atoms with Gasteiger partial charge in [-0.05, 0) is 35.4 Å². The summed E-state index contributed by atoms with van der Waals surface area (Å²) < 4.78 is 0. The number of hydrogen-bond acceptors (Lipinski definition) is 3.